The quantitative estimate of drug-likeness (QED) is 0.870. The first-order valence-corrected chi connectivity index (χ1v) is 6.57. The molecule has 2 nitrogen and oxygen atoms in total. The molecule has 0 radical (unpaired) electrons. The van der Waals surface area contributed by atoms with Gasteiger partial charge < -0.3 is 10.1 Å². The molecule has 1 saturated carbocycles. The van der Waals surface area contributed by atoms with E-state index in [1.54, 1.807) is 7.11 Å². The molecule has 1 aromatic rings. The van der Waals surface area contributed by atoms with Gasteiger partial charge in [0.15, 0.2) is 0 Å². The summed E-state index contributed by atoms with van der Waals surface area (Å²) in [4.78, 5) is 0. The topological polar surface area (TPSA) is 21.3 Å². The molecule has 94 valence electrons. The van der Waals surface area contributed by atoms with Crippen LogP contribution in [0, 0.1) is 0 Å². The van der Waals surface area contributed by atoms with Gasteiger partial charge in [-0.05, 0) is 43.4 Å². The molecule has 0 amide bonds. The molecule has 1 fully saturated rings. The van der Waals surface area contributed by atoms with Crippen molar-refractivity contribution in [3.05, 3.63) is 34.9 Å². The number of methoxy groups -OCH3 is 1. The van der Waals surface area contributed by atoms with Crippen molar-refractivity contribution in [1.82, 2.24) is 5.32 Å². The van der Waals surface area contributed by atoms with Crippen LogP contribution in [0.4, 0.5) is 0 Å². The van der Waals surface area contributed by atoms with Crippen LogP contribution in [0.5, 0.6) is 0 Å². The van der Waals surface area contributed by atoms with Crippen molar-refractivity contribution in [2.45, 2.75) is 37.8 Å². The highest BCUT2D eigenvalue weighted by Gasteiger charge is 2.30. The molecule has 2 rings (SSSR count). The minimum atomic E-state index is 0.441. The van der Waals surface area contributed by atoms with Crippen molar-refractivity contribution in [1.29, 1.82) is 0 Å². The number of nitrogens with one attached hydrogen (secondary N) is 1. The maximum atomic E-state index is 5.88. The van der Waals surface area contributed by atoms with Crippen molar-refractivity contribution in [3.63, 3.8) is 0 Å². The van der Waals surface area contributed by atoms with Crippen molar-refractivity contribution in [3.8, 4) is 0 Å². The van der Waals surface area contributed by atoms with Gasteiger partial charge >= 0.3 is 0 Å². The number of benzene rings is 1. The molecule has 0 bridgehead atoms. The zero-order valence-electron chi connectivity index (χ0n) is 10.4. The first-order chi connectivity index (χ1) is 8.19. The van der Waals surface area contributed by atoms with Crippen LogP contribution in [0.25, 0.3) is 0 Å². The highest BCUT2D eigenvalue weighted by molar-refractivity contribution is 6.30. The normalized spacial score (nSPS) is 25.4. The molecule has 3 heteroatoms. The first kappa shape index (κ1) is 12.9. The molecule has 0 spiro atoms. The molecule has 1 unspecified atom stereocenters. The highest BCUT2D eigenvalue weighted by Crippen LogP contribution is 2.37. The Morgan fingerprint density at radius 2 is 2.00 bits per heavy atom. The van der Waals surface area contributed by atoms with Gasteiger partial charge in [0, 0.05) is 24.2 Å². The zero-order valence-corrected chi connectivity index (χ0v) is 11.2. The predicted molar refractivity (Wildman–Crippen MR) is 71.7 cm³/mol. The summed E-state index contributed by atoms with van der Waals surface area (Å²) in [5.41, 5.74) is 1.41. The summed E-state index contributed by atoms with van der Waals surface area (Å²) in [5, 5.41) is 4.39. The van der Waals surface area contributed by atoms with E-state index in [9.17, 15) is 0 Å². The zero-order chi connectivity index (χ0) is 12.3. The largest absolute Gasteiger partial charge is 0.383 e. The number of halogens is 1. The third kappa shape index (κ3) is 3.44. The van der Waals surface area contributed by atoms with Gasteiger partial charge in [-0.3, -0.25) is 0 Å². The molecule has 17 heavy (non-hydrogen) atoms. The summed E-state index contributed by atoms with van der Waals surface area (Å²) >= 11 is 5.88. The number of ether oxygens (including phenoxy) is 1. The van der Waals surface area contributed by atoms with Crippen LogP contribution in [0.15, 0.2) is 24.3 Å². The van der Waals surface area contributed by atoms with Crippen molar-refractivity contribution in [2.24, 2.45) is 0 Å². The Labute approximate surface area is 108 Å². The van der Waals surface area contributed by atoms with E-state index in [1.165, 1.54) is 18.4 Å². The Morgan fingerprint density at radius 1 is 1.35 bits per heavy atom. The van der Waals surface area contributed by atoms with Crippen LogP contribution in [0.1, 0.15) is 31.2 Å². The van der Waals surface area contributed by atoms with E-state index in [4.69, 9.17) is 16.3 Å². The lowest BCUT2D eigenvalue weighted by Crippen LogP contribution is -2.45. The van der Waals surface area contributed by atoms with E-state index in [2.05, 4.69) is 24.4 Å². The van der Waals surface area contributed by atoms with Crippen LogP contribution >= 0.6 is 11.6 Å². The summed E-state index contributed by atoms with van der Waals surface area (Å²) < 4.78 is 5.12. The first-order valence-electron chi connectivity index (χ1n) is 6.19. The minimum absolute atomic E-state index is 0.441. The van der Waals surface area contributed by atoms with Crippen LogP contribution in [-0.2, 0) is 4.74 Å². The number of hydrogen-bond acceptors (Lipinski definition) is 2. The molecule has 0 aromatic heterocycles. The molecule has 0 aliphatic heterocycles. The summed E-state index contributed by atoms with van der Waals surface area (Å²) in [5.74, 6) is 0.694. The van der Waals surface area contributed by atoms with E-state index in [-0.39, 0.29) is 0 Å². The minimum Gasteiger partial charge on any atom is -0.383 e. The summed E-state index contributed by atoms with van der Waals surface area (Å²) in [7, 11) is 1.75. The maximum absolute atomic E-state index is 5.88. The van der Waals surface area contributed by atoms with Gasteiger partial charge in [-0.15, -0.1) is 0 Å². The molecule has 0 saturated heterocycles. The SMILES string of the molecule is COCC(C)NC1CC(c2ccc(Cl)cc2)C1. The van der Waals surface area contributed by atoms with Gasteiger partial charge in [-0.2, -0.15) is 0 Å². The van der Waals surface area contributed by atoms with Crippen molar-refractivity contribution >= 4 is 11.6 Å². The Balaban J connectivity index is 1.77. The van der Waals surface area contributed by atoms with E-state index < -0.39 is 0 Å². The van der Waals surface area contributed by atoms with Gasteiger partial charge in [-0.1, -0.05) is 23.7 Å². The Kier molecular flexibility index (Phi) is 4.43. The molecule has 1 aliphatic carbocycles. The summed E-state index contributed by atoms with van der Waals surface area (Å²) in [6.07, 6.45) is 2.44. The summed E-state index contributed by atoms with van der Waals surface area (Å²) in [6.45, 7) is 2.95. The molecular formula is C14H20ClNO. The second-order valence-electron chi connectivity index (χ2n) is 4.94. The molecule has 1 N–H and O–H groups in total. The van der Waals surface area contributed by atoms with E-state index in [1.807, 2.05) is 12.1 Å². The standard InChI is InChI=1S/C14H20ClNO/c1-10(9-17-2)16-14-7-12(8-14)11-3-5-13(15)6-4-11/h3-6,10,12,14,16H,7-9H2,1-2H3. The van der Waals surface area contributed by atoms with Crippen LogP contribution in [0.3, 0.4) is 0 Å². The predicted octanol–water partition coefficient (Wildman–Crippen LogP) is 3.21. The third-order valence-corrected chi connectivity index (χ3v) is 3.67. The lowest BCUT2D eigenvalue weighted by Gasteiger charge is -2.38. The number of hydrogen-bond donors (Lipinski definition) is 1. The monoisotopic (exact) mass is 253 g/mol. The molecule has 1 aliphatic rings. The molecule has 0 heterocycles. The molecule has 1 atom stereocenters. The lowest BCUT2D eigenvalue weighted by atomic mass is 9.75. The van der Waals surface area contributed by atoms with Gasteiger partial charge in [-0.25, -0.2) is 0 Å². The second kappa shape index (κ2) is 5.85. The van der Waals surface area contributed by atoms with Gasteiger partial charge in [0.25, 0.3) is 0 Å². The van der Waals surface area contributed by atoms with Crippen LogP contribution in [-0.4, -0.2) is 25.8 Å². The fourth-order valence-corrected chi connectivity index (χ4v) is 2.59. The summed E-state index contributed by atoms with van der Waals surface area (Å²) in [6, 6.07) is 9.32. The van der Waals surface area contributed by atoms with E-state index in [0.717, 1.165) is 11.6 Å². The van der Waals surface area contributed by atoms with Gasteiger partial charge in [0.2, 0.25) is 0 Å². The molecular weight excluding hydrogens is 234 g/mol. The fraction of sp³-hybridized carbons (Fsp3) is 0.571. The van der Waals surface area contributed by atoms with Gasteiger partial charge in [0.1, 0.15) is 0 Å². The maximum Gasteiger partial charge on any atom is 0.0613 e. The van der Waals surface area contributed by atoms with Gasteiger partial charge in [0.05, 0.1) is 6.61 Å². The smallest absolute Gasteiger partial charge is 0.0613 e. The average molecular weight is 254 g/mol. The lowest BCUT2D eigenvalue weighted by molar-refractivity contribution is 0.152. The van der Waals surface area contributed by atoms with Crippen LogP contribution < -0.4 is 5.32 Å². The Bertz CT molecular complexity index is 346. The Morgan fingerprint density at radius 3 is 2.59 bits per heavy atom. The van der Waals surface area contributed by atoms with E-state index in [0.29, 0.717) is 18.0 Å². The van der Waals surface area contributed by atoms with E-state index >= 15 is 0 Å². The van der Waals surface area contributed by atoms with Crippen molar-refractivity contribution in [2.75, 3.05) is 13.7 Å². The molecule has 1 aromatic carbocycles. The third-order valence-electron chi connectivity index (χ3n) is 3.42. The highest BCUT2D eigenvalue weighted by atomic mass is 35.5. The fourth-order valence-electron chi connectivity index (χ4n) is 2.46. The Hall–Kier alpha value is -0.570. The van der Waals surface area contributed by atoms with Crippen LogP contribution in [0.2, 0.25) is 5.02 Å². The van der Waals surface area contributed by atoms with Crippen molar-refractivity contribution < 1.29 is 4.74 Å². The second-order valence-corrected chi connectivity index (χ2v) is 5.38. The number of rotatable bonds is 5. The average Bonchev–Trinajstić information content (AvgIpc) is 2.25.